The predicted octanol–water partition coefficient (Wildman–Crippen LogP) is 3.71. The third-order valence-corrected chi connectivity index (χ3v) is 6.25. The number of fused-ring (bicyclic) bond motifs is 2. The van der Waals surface area contributed by atoms with E-state index in [-0.39, 0.29) is 11.9 Å². The molecule has 1 saturated heterocycles. The van der Waals surface area contributed by atoms with Crippen LogP contribution in [0.4, 0.5) is 5.82 Å². The molecule has 2 N–H and O–H groups in total. The van der Waals surface area contributed by atoms with Crippen molar-refractivity contribution in [1.29, 1.82) is 0 Å². The van der Waals surface area contributed by atoms with E-state index >= 15 is 0 Å². The lowest BCUT2D eigenvalue weighted by molar-refractivity contribution is -0.130. The number of anilines is 1. The predicted molar refractivity (Wildman–Crippen MR) is 126 cm³/mol. The van der Waals surface area contributed by atoms with Crippen molar-refractivity contribution in [2.75, 3.05) is 25.0 Å². The van der Waals surface area contributed by atoms with E-state index in [1.807, 2.05) is 30.0 Å². The van der Waals surface area contributed by atoms with Crippen LogP contribution in [0.15, 0.2) is 43.0 Å². The quantitative estimate of drug-likeness (QED) is 0.466. The fourth-order valence-corrected chi connectivity index (χ4v) is 4.28. The summed E-state index contributed by atoms with van der Waals surface area (Å²) >= 11 is 0. The molecule has 1 amide bonds. The molecule has 1 fully saturated rings. The second-order valence-electron chi connectivity index (χ2n) is 8.52. The smallest absolute Gasteiger partial charge is 0.221 e. The van der Waals surface area contributed by atoms with Crippen LogP contribution >= 0.6 is 0 Å². The summed E-state index contributed by atoms with van der Waals surface area (Å²) in [7, 11) is 0. The van der Waals surface area contributed by atoms with Gasteiger partial charge in [-0.25, -0.2) is 19.9 Å². The van der Waals surface area contributed by atoms with Gasteiger partial charge in [-0.1, -0.05) is 18.2 Å². The number of nitrogens with one attached hydrogen (secondary N) is 2. The molecule has 33 heavy (non-hydrogen) atoms. The summed E-state index contributed by atoms with van der Waals surface area (Å²) in [6.45, 7) is 5.84. The molecule has 0 spiro atoms. The van der Waals surface area contributed by atoms with E-state index < -0.39 is 0 Å². The third kappa shape index (κ3) is 4.44. The molecule has 0 bridgehead atoms. The monoisotopic (exact) mass is 445 g/mol. The van der Waals surface area contributed by atoms with Gasteiger partial charge in [-0.05, 0) is 43.2 Å². The van der Waals surface area contributed by atoms with Crippen LogP contribution in [0.1, 0.15) is 38.4 Å². The minimum absolute atomic E-state index is 0.120. The Labute approximate surface area is 191 Å². The number of hydrogen-bond donors (Lipinski definition) is 2. The van der Waals surface area contributed by atoms with E-state index in [0.717, 1.165) is 42.4 Å². The molecule has 4 aromatic rings. The van der Waals surface area contributed by atoms with Gasteiger partial charge in [0.05, 0.1) is 24.7 Å². The summed E-state index contributed by atoms with van der Waals surface area (Å²) in [4.78, 5) is 34.2. The summed E-state index contributed by atoms with van der Waals surface area (Å²) in [6.07, 6.45) is 5.01. The Kier molecular flexibility index (Phi) is 5.77. The van der Waals surface area contributed by atoms with Gasteiger partial charge in [0.2, 0.25) is 11.8 Å². The van der Waals surface area contributed by atoms with Gasteiger partial charge in [-0.3, -0.25) is 4.79 Å². The van der Waals surface area contributed by atoms with Crippen molar-refractivity contribution >= 4 is 33.7 Å². The van der Waals surface area contributed by atoms with Crippen LogP contribution < -0.4 is 10.1 Å². The highest BCUT2D eigenvalue weighted by atomic mass is 16.5. The molecular weight excluding hydrogens is 418 g/mol. The SMILES string of the molecule is CC(=O)N1CCC(COc2nc(C(C)Nc3ncnc4[nH]cnc34)cc3ccccc23)CC1. The van der Waals surface area contributed by atoms with Gasteiger partial charge < -0.3 is 19.9 Å². The average molecular weight is 446 g/mol. The maximum atomic E-state index is 11.6. The van der Waals surface area contributed by atoms with Crippen LogP contribution in [0.5, 0.6) is 5.88 Å². The first-order valence-corrected chi connectivity index (χ1v) is 11.3. The number of carbonyl (C=O) groups excluding carboxylic acids is 1. The van der Waals surface area contributed by atoms with Gasteiger partial charge in [-0.2, -0.15) is 0 Å². The Morgan fingerprint density at radius 2 is 2.06 bits per heavy atom. The molecule has 0 radical (unpaired) electrons. The molecule has 0 saturated carbocycles. The van der Waals surface area contributed by atoms with E-state index in [4.69, 9.17) is 9.72 Å². The fraction of sp³-hybridized carbons (Fsp3) is 0.375. The van der Waals surface area contributed by atoms with Crippen LogP contribution in [0.3, 0.4) is 0 Å². The molecule has 3 aromatic heterocycles. The van der Waals surface area contributed by atoms with Crippen molar-refractivity contribution in [1.82, 2.24) is 29.8 Å². The zero-order valence-corrected chi connectivity index (χ0v) is 18.8. The van der Waals surface area contributed by atoms with Gasteiger partial charge in [0.15, 0.2) is 11.5 Å². The number of piperidine rings is 1. The number of nitrogens with zero attached hydrogens (tertiary/aromatic N) is 5. The maximum Gasteiger partial charge on any atom is 0.221 e. The molecule has 1 aromatic carbocycles. The molecule has 9 heteroatoms. The Morgan fingerprint density at radius 3 is 2.88 bits per heavy atom. The lowest BCUT2D eigenvalue weighted by atomic mass is 9.98. The van der Waals surface area contributed by atoms with Crippen molar-refractivity contribution in [3.63, 3.8) is 0 Å². The lowest BCUT2D eigenvalue weighted by Crippen LogP contribution is -2.38. The van der Waals surface area contributed by atoms with Crippen molar-refractivity contribution in [3.05, 3.63) is 48.7 Å². The molecule has 1 unspecified atom stereocenters. The largest absolute Gasteiger partial charge is 0.477 e. The van der Waals surface area contributed by atoms with E-state index in [1.165, 1.54) is 6.33 Å². The highest BCUT2D eigenvalue weighted by Crippen LogP contribution is 2.30. The number of imidazole rings is 1. The standard InChI is InChI=1S/C24H27N7O2/c1-15(29-23-21-22(26-13-25-21)27-14-28-23)20-11-18-5-3-4-6-19(18)24(30-20)33-12-17-7-9-31(10-8-17)16(2)32/h3-6,11,13-15,17H,7-10,12H2,1-2H3,(H2,25,26,27,28,29). The van der Waals surface area contributed by atoms with Gasteiger partial charge in [-0.15, -0.1) is 0 Å². The highest BCUT2D eigenvalue weighted by molar-refractivity contribution is 5.87. The molecule has 9 nitrogen and oxygen atoms in total. The summed E-state index contributed by atoms with van der Waals surface area (Å²) in [5.41, 5.74) is 2.24. The number of ether oxygens (including phenoxy) is 1. The number of H-pyrrole nitrogens is 1. The number of pyridine rings is 1. The van der Waals surface area contributed by atoms with E-state index in [2.05, 4.69) is 37.4 Å². The summed E-state index contributed by atoms with van der Waals surface area (Å²) in [5.74, 6) is 1.85. The van der Waals surface area contributed by atoms with Crippen molar-refractivity contribution in [2.24, 2.45) is 5.92 Å². The Hall–Kier alpha value is -3.75. The summed E-state index contributed by atoms with van der Waals surface area (Å²) in [6, 6.07) is 10.1. The molecule has 1 atom stereocenters. The normalized spacial score (nSPS) is 15.6. The number of likely N-dealkylation sites (tertiary alicyclic amines) is 1. The summed E-state index contributed by atoms with van der Waals surface area (Å²) in [5, 5.41) is 5.48. The van der Waals surface area contributed by atoms with Crippen molar-refractivity contribution in [2.45, 2.75) is 32.7 Å². The first-order valence-electron chi connectivity index (χ1n) is 11.3. The molecular formula is C24H27N7O2. The minimum atomic E-state index is -0.120. The number of carbonyl (C=O) groups is 1. The number of benzene rings is 1. The van der Waals surface area contributed by atoms with Gasteiger partial charge in [0.25, 0.3) is 0 Å². The number of aromatic amines is 1. The first kappa shape index (κ1) is 21.1. The topological polar surface area (TPSA) is 109 Å². The average Bonchev–Trinajstić information content (AvgIpc) is 3.32. The summed E-state index contributed by atoms with van der Waals surface area (Å²) < 4.78 is 6.27. The van der Waals surface area contributed by atoms with Crippen LogP contribution in [0.25, 0.3) is 21.9 Å². The van der Waals surface area contributed by atoms with Gasteiger partial charge >= 0.3 is 0 Å². The van der Waals surface area contributed by atoms with Crippen molar-refractivity contribution < 1.29 is 9.53 Å². The zero-order valence-electron chi connectivity index (χ0n) is 18.8. The molecule has 170 valence electrons. The Balaban J connectivity index is 1.35. The van der Waals surface area contributed by atoms with Gasteiger partial charge in [0.1, 0.15) is 11.8 Å². The first-order chi connectivity index (χ1) is 16.1. The third-order valence-electron chi connectivity index (χ3n) is 6.25. The van der Waals surface area contributed by atoms with Crippen LogP contribution in [-0.4, -0.2) is 55.4 Å². The Morgan fingerprint density at radius 1 is 1.24 bits per heavy atom. The number of amides is 1. The molecule has 1 aliphatic rings. The van der Waals surface area contributed by atoms with E-state index in [9.17, 15) is 4.79 Å². The van der Waals surface area contributed by atoms with Crippen LogP contribution in [-0.2, 0) is 4.79 Å². The van der Waals surface area contributed by atoms with Gasteiger partial charge in [0, 0.05) is 25.4 Å². The number of rotatable bonds is 6. The second-order valence-corrected chi connectivity index (χ2v) is 8.52. The molecule has 1 aliphatic heterocycles. The minimum Gasteiger partial charge on any atom is -0.477 e. The highest BCUT2D eigenvalue weighted by Gasteiger charge is 2.22. The molecule has 4 heterocycles. The van der Waals surface area contributed by atoms with Crippen LogP contribution in [0.2, 0.25) is 0 Å². The number of hydrogen-bond acceptors (Lipinski definition) is 7. The molecule has 5 rings (SSSR count). The zero-order chi connectivity index (χ0) is 22.8. The molecule has 0 aliphatic carbocycles. The van der Waals surface area contributed by atoms with Crippen LogP contribution in [0, 0.1) is 5.92 Å². The lowest BCUT2D eigenvalue weighted by Gasteiger charge is -2.31. The number of aromatic nitrogens is 5. The van der Waals surface area contributed by atoms with E-state index in [0.29, 0.717) is 35.4 Å². The Bertz CT molecular complexity index is 1280. The maximum absolute atomic E-state index is 11.6. The fourth-order valence-electron chi connectivity index (χ4n) is 4.28. The second kappa shape index (κ2) is 9.01. The van der Waals surface area contributed by atoms with E-state index in [1.54, 1.807) is 13.3 Å². The van der Waals surface area contributed by atoms with Crippen molar-refractivity contribution in [3.8, 4) is 5.88 Å².